The van der Waals surface area contributed by atoms with E-state index in [1.54, 1.807) is 0 Å². The lowest BCUT2D eigenvalue weighted by molar-refractivity contribution is 0.257. The van der Waals surface area contributed by atoms with Gasteiger partial charge in [0.1, 0.15) is 11.5 Å². The molecule has 112 valence electrons. The van der Waals surface area contributed by atoms with Gasteiger partial charge in [-0.05, 0) is 59.7 Å². The molecule has 1 fully saturated rings. The fraction of sp³-hybridized carbons (Fsp3) is 0.474. The van der Waals surface area contributed by atoms with Crippen LogP contribution in [0.5, 0.6) is 11.5 Å². The van der Waals surface area contributed by atoms with Crippen molar-refractivity contribution in [3.05, 3.63) is 36.4 Å². The molecule has 2 nitrogen and oxygen atoms in total. The lowest BCUT2D eigenvalue weighted by Crippen LogP contribution is -2.07. The minimum absolute atomic E-state index is 0.596. The SMILES string of the molecule is CCC(C)COc1ccc2cc(OCC3CC3)ccc2c1. The average Bonchev–Trinajstić information content (AvgIpc) is 3.34. The second kappa shape index (κ2) is 6.38. The van der Waals surface area contributed by atoms with E-state index in [9.17, 15) is 0 Å². The molecule has 0 N–H and O–H groups in total. The van der Waals surface area contributed by atoms with Crippen molar-refractivity contribution in [3.8, 4) is 11.5 Å². The quantitative estimate of drug-likeness (QED) is 0.708. The number of ether oxygens (including phenoxy) is 2. The number of hydrogen-bond donors (Lipinski definition) is 0. The van der Waals surface area contributed by atoms with Crippen molar-refractivity contribution in [1.82, 2.24) is 0 Å². The Balaban J connectivity index is 1.68. The maximum Gasteiger partial charge on any atom is 0.119 e. The lowest BCUT2D eigenvalue weighted by atomic mass is 10.1. The number of benzene rings is 2. The van der Waals surface area contributed by atoms with Crippen LogP contribution < -0.4 is 9.47 Å². The highest BCUT2D eigenvalue weighted by Crippen LogP contribution is 2.30. The first-order valence-electron chi connectivity index (χ1n) is 8.04. The van der Waals surface area contributed by atoms with Crippen LogP contribution in [0.1, 0.15) is 33.1 Å². The monoisotopic (exact) mass is 284 g/mol. The Morgan fingerprint density at radius 2 is 1.62 bits per heavy atom. The first-order valence-corrected chi connectivity index (χ1v) is 8.04. The predicted molar refractivity (Wildman–Crippen MR) is 87.1 cm³/mol. The normalized spacial score (nSPS) is 15.9. The summed E-state index contributed by atoms with van der Waals surface area (Å²) in [5, 5.41) is 2.41. The van der Waals surface area contributed by atoms with Crippen molar-refractivity contribution in [2.45, 2.75) is 33.1 Å². The molecular formula is C19H24O2. The molecule has 2 aromatic rings. The topological polar surface area (TPSA) is 18.5 Å². The van der Waals surface area contributed by atoms with Crippen molar-refractivity contribution in [3.63, 3.8) is 0 Å². The van der Waals surface area contributed by atoms with Gasteiger partial charge in [0.2, 0.25) is 0 Å². The van der Waals surface area contributed by atoms with Gasteiger partial charge >= 0.3 is 0 Å². The molecule has 0 heterocycles. The molecule has 3 rings (SSSR count). The molecule has 0 aromatic heterocycles. The van der Waals surface area contributed by atoms with Gasteiger partial charge in [-0.1, -0.05) is 32.4 Å². The molecular weight excluding hydrogens is 260 g/mol. The highest BCUT2D eigenvalue weighted by Gasteiger charge is 2.21. The summed E-state index contributed by atoms with van der Waals surface area (Å²) in [5.74, 6) is 3.31. The molecule has 0 aliphatic heterocycles. The summed E-state index contributed by atoms with van der Waals surface area (Å²) < 4.78 is 11.7. The third kappa shape index (κ3) is 3.90. The van der Waals surface area contributed by atoms with Crippen LogP contribution in [0.15, 0.2) is 36.4 Å². The fourth-order valence-corrected chi connectivity index (χ4v) is 2.24. The van der Waals surface area contributed by atoms with E-state index < -0.39 is 0 Å². The summed E-state index contributed by atoms with van der Waals surface area (Å²) in [7, 11) is 0. The molecule has 21 heavy (non-hydrogen) atoms. The van der Waals surface area contributed by atoms with Gasteiger partial charge in [-0.3, -0.25) is 0 Å². The standard InChI is InChI=1S/C19H24O2/c1-3-14(2)12-20-18-8-6-17-11-19(9-7-16(17)10-18)21-13-15-4-5-15/h6-11,14-15H,3-5,12-13H2,1-2H3. The fourth-order valence-electron chi connectivity index (χ4n) is 2.24. The van der Waals surface area contributed by atoms with Crippen LogP contribution in [0.4, 0.5) is 0 Å². The van der Waals surface area contributed by atoms with E-state index in [0.29, 0.717) is 5.92 Å². The minimum atomic E-state index is 0.596. The van der Waals surface area contributed by atoms with Gasteiger partial charge in [-0.25, -0.2) is 0 Å². The van der Waals surface area contributed by atoms with Crippen LogP contribution in [0.25, 0.3) is 10.8 Å². The zero-order chi connectivity index (χ0) is 14.7. The molecule has 2 heteroatoms. The molecule has 0 spiro atoms. The summed E-state index contributed by atoms with van der Waals surface area (Å²) in [5.41, 5.74) is 0. The van der Waals surface area contributed by atoms with Crippen LogP contribution in [-0.2, 0) is 0 Å². The molecule has 1 aliphatic rings. The van der Waals surface area contributed by atoms with Gasteiger partial charge in [0.25, 0.3) is 0 Å². The van der Waals surface area contributed by atoms with Crippen LogP contribution in [0, 0.1) is 11.8 Å². The van der Waals surface area contributed by atoms with E-state index in [-0.39, 0.29) is 0 Å². The van der Waals surface area contributed by atoms with Gasteiger partial charge in [0.05, 0.1) is 13.2 Å². The molecule has 0 amide bonds. The van der Waals surface area contributed by atoms with E-state index >= 15 is 0 Å². The molecule has 0 bridgehead atoms. The Morgan fingerprint density at radius 1 is 1.00 bits per heavy atom. The van der Waals surface area contributed by atoms with Crippen molar-refractivity contribution in [1.29, 1.82) is 0 Å². The van der Waals surface area contributed by atoms with Gasteiger partial charge < -0.3 is 9.47 Å². The van der Waals surface area contributed by atoms with E-state index in [0.717, 1.165) is 37.1 Å². The van der Waals surface area contributed by atoms with Crippen LogP contribution in [0.3, 0.4) is 0 Å². The highest BCUT2D eigenvalue weighted by atomic mass is 16.5. The molecule has 2 aromatic carbocycles. The van der Waals surface area contributed by atoms with E-state index in [2.05, 4.69) is 50.2 Å². The van der Waals surface area contributed by atoms with Crippen molar-refractivity contribution < 1.29 is 9.47 Å². The predicted octanol–water partition coefficient (Wildman–Crippen LogP) is 5.05. The molecule has 1 saturated carbocycles. The zero-order valence-corrected chi connectivity index (χ0v) is 13.0. The van der Waals surface area contributed by atoms with Crippen molar-refractivity contribution in [2.24, 2.45) is 11.8 Å². The smallest absolute Gasteiger partial charge is 0.119 e. The minimum Gasteiger partial charge on any atom is -0.493 e. The van der Waals surface area contributed by atoms with Gasteiger partial charge in [0.15, 0.2) is 0 Å². The van der Waals surface area contributed by atoms with Crippen LogP contribution >= 0.6 is 0 Å². The maximum absolute atomic E-state index is 5.85. The van der Waals surface area contributed by atoms with Gasteiger partial charge in [-0.2, -0.15) is 0 Å². The lowest BCUT2D eigenvalue weighted by Gasteiger charge is -2.12. The van der Waals surface area contributed by atoms with Crippen LogP contribution in [-0.4, -0.2) is 13.2 Å². The molecule has 0 radical (unpaired) electrons. The third-order valence-electron chi connectivity index (χ3n) is 4.20. The number of fused-ring (bicyclic) bond motifs is 1. The van der Waals surface area contributed by atoms with Gasteiger partial charge in [-0.15, -0.1) is 0 Å². The summed E-state index contributed by atoms with van der Waals surface area (Å²) in [6, 6.07) is 12.6. The van der Waals surface area contributed by atoms with Crippen molar-refractivity contribution >= 4 is 10.8 Å². The Hall–Kier alpha value is -1.70. The summed E-state index contributed by atoms with van der Waals surface area (Å²) in [6.07, 6.45) is 3.80. The largest absolute Gasteiger partial charge is 0.493 e. The van der Waals surface area contributed by atoms with Crippen LogP contribution in [0.2, 0.25) is 0 Å². The number of hydrogen-bond acceptors (Lipinski definition) is 2. The van der Waals surface area contributed by atoms with E-state index in [4.69, 9.17) is 9.47 Å². The molecule has 0 saturated heterocycles. The number of rotatable bonds is 7. The maximum atomic E-state index is 5.85. The Kier molecular flexibility index (Phi) is 4.33. The first-order chi connectivity index (χ1) is 10.2. The third-order valence-corrected chi connectivity index (χ3v) is 4.20. The Labute approximate surface area is 127 Å². The molecule has 1 unspecified atom stereocenters. The molecule has 1 aliphatic carbocycles. The first kappa shape index (κ1) is 14.2. The summed E-state index contributed by atoms with van der Waals surface area (Å²) in [4.78, 5) is 0. The van der Waals surface area contributed by atoms with E-state index in [1.165, 1.54) is 23.6 Å². The van der Waals surface area contributed by atoms with E-state index in [1.807, 2.05) is 0 Å². The highest BCUT2D eigenvalue weighted by molar-refractivity contribution is 5.85. The molecule has 1 atom stereocenters. The van der Waals surface area contributed by atoms with Crippen molar-refractivity contribution in [2.75, 3.05) is 13.2 Å². The summed E-state index contributed by atoms with van der Waals surface area (Å²) >= 11 is 0. The average molecular weight is 284 g/mol. The Morgan fingerprint density at radius 3 is 2.19 bits per heavy atom. The Bertz CT molecular complexity index is 602. The summed E-state index contributed by atoms with van der Waals surface area (Å²) in [6.45, 7) is 6.05. The second-order valence-electron chi connectivity index (χ2n) is 6.25. The second-order valence-corrected chi connectivity index (χ2v) is 6.25. The zero-order valence-electron chi connectivity index (χ0n) is 13.0. The van der Waals surface area contributed by atoms with Gasteiger partial charge in [0, 0.05) is 0 Å².